The molecule has 0 saturated heterocycles. The Bertz CT molecular complexity index is 966. The third-order valence-corrected chi connectivity index (χ3v) is 4.77. The fraction of sp³-hybridized carbons (Fsp3) is 0.429. The minimum atomic E-state index is -0.638. The van der Waals surface area contributed by atoms with E-state index in [9.17, 15) is 4.79 Å². The zero-order valence-electron chi connectivity index (χ0n) is 16.4. The van der Waals surface area contributed by atoms with E-state index in [0.717, 1.165) is 17.7 Å². The monoisotopic (exact) mass is 398 g/mol. The Labute approximate surface area is 170 Å². The van der Waals surface area contributed by atoms with Gasteiger partial charge < -0.3 is 9.58 Å². The molecule has 0 N–H and O–H groups in total. The van der Waals surface area contributed by atoms with Gasteiger partial charge in [-0.15, -0.1) is 5.10 Å². The van der Waals surface area contributed by atoms with Gasteiger partial charge in [-0.25, -0.2) is 16.4 Å². The Morgan fingerprint density at radius 1 is 1.32 bits per heavy atom. The number of fused-ring (bicyclic) bond motifs is 1. The maximum absolute atomic E-state index is 12.5. The number of carbonyl (C=O) groups excluding carboxylic acids is 1. The van der Waals surface area contributed by atoms with Crippen LogP contribution in [0.1, 0.15) is 57.6 Å². The number of ether oxygens (including phenoxy) is 1. The molecule has 0 spiro atoms. The molecule has 0 radical (unpaired) electrons. The molecule has 0 amide bonds. The quantitative estimate of drug-likeness (QED) is 0.630. The fourth-order valence-electron chi connectivity index (χ4n) is 3.33. The summed E-state index contributed by atoms with van der Waals surface area (Å²) in [5.41, 5.74) is 1.67. The van der Waals surface area contributed by atoms with Crippen LogP contribution < -0.4 is 0 Å². The summed E-state index contributed by atoms with van der Waals surface area (Å²) in [5, 5.41) is 4.93. The second kappa shape index (κ2) is 7.76. The Balaban J connectivity index is 2.13. The highest BCUT2D eigenvalue weighted by molar-refractivity contribution is 6.31. The summed E-state index contributed by atoms with van der Waals surface area (Å²) in [6.45, 7) is 15.2. The van der Waals surface area contributed by atoms with Gasteiger partial charge in [-0.05, 0) is 38.8 Å². The van der Waals surface area contributed by atoms with Crippen molar-refractivity contribution in [3.05, 3.63) is 58.0 Å². The lowest BCUT2D eigenvalue weighted by Gasteiger charge is -2.24. The predicted octanol–water partition coefficient (Wildman–Crippen LogP) is 5.63. The first-order chi connectivity index (χ1) is 13.2. The van der Waals surface area contributed by atoms with Gasteiger partial charge in [0.1, 0.15) is 11.3 Å². The summed E-state index contributed by atoms with van der Waals surface area (Å²) in [7, 11) is 0. The molecule has 7 heteroatoms. The first-order valence-corrected chi connectivity index (χ1v) is 9.64. The van der Waals surface area contributed by atoms with Crippen molar-refractivity contribution in [2.45, 2.75) is 58.1 Å². The highest BCUT2D eigenvalue weighted by Crippen LogP contribution is 2.42. The maximum Gasteiger partial charge on any atom is 0.435 e. The Kier molecular flexibility index (Phi) is 5.57. The SMILES string of the molecule is [C-]#[N+]C1C(CCC)=Nc2nn(C(=O)OC(C)(C)C)cc2C1c1ccccc1Cl. The number of aromatic nitrogens is 2. The lowest BCUT2D eigenvalue weighted by atomic mass is 9.81. The number of hydrogen-bond donors (Lipinski definition) is 0. The normalized spacial score (nSPS) is 18.8. The molecule has 2 unspecified atom stereocenters. The summed E-state index contributed by atoms with van der Waals surface area (Å²) in [5.74, 6) is 0.107. The van der Waals surface area contributed by atoms with E-state index in [1.807, 2.05) is 25.1 Å². The number of rotatable bonds is 3. The first-order valence-electron chi connectivity index (χ1n) is 9.26. The van der Waals surface area contributed by atoms with Gasteiger partial charge in [-0.3, -0.25) is 0 Å². The van der Waals surface area contributed by atoms with E-state index in [0.29, 0.717) is 22.8 Å². The Morgan fingerprint density at radius 3 is 2.64 bits per heavy atom. The van der Waals surface area contributed by atoms with E-state index in [-0.39, 0.29) is 5.92 Å². The number of halogens is 1. The molecule has 1 aromatic heterocycles. The molecule has 146 valence electrons. The van der Waals surface area contributed by atoms with Crippen molar-refractivity contribution in [1.82, 2.24) is 9.78 Å². The van der Waals surface area contributed by atoms with Gasteiger partial charge in [-0.1, -0.05) is 43.1 Å². The van der Waals surface area contributed by atoms with Gasteiger partial charge in [0.2, 0.25) is 0 Å². The molecule has 2 heterocycles. The van der Waals surface area contributed by atoms with Crippen molar-refractivity contribution in [3.8, 4) is 0 Å². The first kappa shape index (κ1) is 20.1. The average molecular weight is 399 g/mol. The van der Waals surface area contributed by atoms with E-state index in [1.165, 1.54) is 4.68 Å². The van der Waals surface area contributed by atoms with Crippen molar-refractivity contribution in [2.75, 3.05) is 0 Å². The summed E-state index contributed by atoms with van der Waals surface area (Å²) < 4.78 is 6.59. The Hall–Kier alpha value is -2.65. The van der Waals surface area contributed by atoms with Crippen LogP contribution in [0.5, 0.6) is 0 Å². The molecule has 6 nitrogen and oxygen atoms in total. The van der Waals surface area contributed by atoms with Crippen molar-refractivity contribution < 1.29 is 9.53 Å². The molecule has 0 aliphatic carbocycles. The number of carbonyl (C=O) groups is 1. The average Bonchev–Trinajstić information content (AvgIpc) is 3.04. The van der Waals surface area contributed by atoms with Crippen LogP contribution in [0.2, 0.25) is 5.02 Å². The largest absolute Gasteiger partial charge is 0.442 e. The van der Waals surface area contributed by atoms with E-state index in [2.05, 4.69) is 14.9 Å². The number of hydrogen-bond acceptors (Lipinski definition) is 4. The fourth-order valence-corrected chi connectivity index (χ4v) is 3.58. The van der Waals surface area contributed by atoms with E-state index in [1.54, 1.807) is 33.0 Å². The molecule has 0 saturated carbocycles. The van der Waals surface area contributed by atoms with E-state index in [4.69, 9.17) is 22.9 Å². The van der Waals surface area contributed by atoms with Gasteiger partial charge >= 0.3 is 6.09 Å². The van der Waals surface area contributed by atoms with Gasteiger partial charge in [-0.2, -0.15) is 4.68 Å². The Morgan fingerprint density at radius 2 is 2.04 bits per heavy atom. The topological polar surface area (TPSA) is 60.8 Å². The maximum atomic E-state index is 12.5. The third-order valence-electron chi connectivity index (χ3n) is 4.43. The highest BCUT2D eigenvalue weighted by atomic mass is 35.5. The molecule has 0 bridgehead atoms. The van der Waals surface area contributed by atoms with Crippen molar-refractivity contribution in [2.24, 2.45) is 4.99 Å². The lowest BCUT2D eigenvalue weighted by Crippen LogP contribution is -2.29. The van der Waals surface area contributed by atoms with Crippen molar-refractivity contribution >= 4 is 29.2 Å². The molecule has 1 aliphatic heterocycles. The van der Waals surface area contributed by atoms with Crippen LogP contribution in [0.3, 0.4) is 0 Å². The molecule has 3 rings (SSSR count). The predicted molar refractivity (Wildman–Crippen MR) is 110 cm³/mol. The summed E-state index contributed by atoms with van der Waals surface area (Å²) in [6.07, 6.45) is 2.59. The van der Waals surface area contributed by atoms with Gasteiger partial charge in [0.25, 0.3) is 6.04 Å². The lowest BCUT2D eigenvalue weighted by molar-refractivity contribution is 0.0514. The third kappa shape index (κ3) is 3.95. The summed E-state index contributed by atoms with van der Waals surface area (Å²) in [4.78, 5) is 21.0. The zero-order valence-corrected chi connectivity index (χ0v) is 17.2. The van der Waals surface area contributed by atoms with E-state index >= 15 is 0 Å². The van der Waals surface area contributed by atoms with Gasteiger partial charge in [0.05, 0.1) is 5.92 Å². The van der Waals surface area contributed by atoms with Crippen LogP contribution >= 0.6 is 11.6 Å². The van der Waals surface area contributed by atoms with Crippen LogP contribution in [0.25, 0.3) is 4.85 Å². The van der Waals surface area contributed by atoms with Crippen LogP contribution in [0.4, 0.5) is 10.6 Å². The summed E-state index contributed by atoms with van der Waals surface area (Å²) >= 11 is 6.47. The van der Waals surface area contributed by atoms with E-state index < -0.39 is 17.7 Å². The van der Waals surface area contributed by atoms with Crippen LogP contribution in [-0.4, -0.2) is 33.2 Å². The molecule has 0 fully saturated rings. The zero-order chi connectivity index (χ0) is 20.5. The highest BCUT2D eigenvalue weighted by Gasteiger charge is 2.41. The molecule has 28 heavy (non-hydrogen) atoms. The molecule has 2 aromatic rings. The minimum Gasteiger partial charge on any atom is -0.442 e. The number of nitrogens with zero attached hydrogens (tertiary/aromatic N) is 4. The van der Waals surface area contributed by atoms with Crippen molar-refractivity contribution in [1.29, 1.82) is 0 Å². The molecule has 1 aliphatic rings. The second-order valence-electron chi connectivity index (χ2n) is 7.76. The van der Waals surface area contributed by atoms with Gasteiger partial charge in [0.15, 0.2) is 5.82 Å². The standard InChI is InChI=1S/C21H23ClN4O2/c1-6-9-16-18(23-5)17(13-10-7-8-11-15(13)22)14-12-26(25-19(14)24-16)20(27)28-21(2,3)4/h7-8,10-12,17-18H,6,9H2,1-4H3. The summed E-state index contributed by atoms with van der Waals surface area (Å²) in [6, 6.07) is 6.98. The number of aliphatic imine (C=N–C) groups is 1. The number of benzene rings is 1. The molecule has 1 aromatic carbocycles. The second-order valence-corrected chi connectivity index (χ2v) is 8.17. The van der Waals surface area contributed by atoms with Crippen LogP contribution in [-0.2, 0) is 4.74 Å². The smallest absolute Gasteiger partial charge is 0.435 e. The van der Waals surface area contributed by atoms with Crippen LogP contribution in [0.15, 0.2) is 35.5 Å². The molecule has 2 atom stereocenters. The van der Waals surface area contributed by atoms with Crippen molar-refractivity contribution in [3.63, 3.8) is 0 Å². The van der Waals surface area contributed by atoms with Crippen LogP contribution in [0, 0.1) is 6.57 Å². The minimum absolute atomic E-state index is 0.337. The van der Waals surface area contributed by atoms with Gasteiger partial charge in [0, 0.05) is 16.8 Å². The molecular weight excluding hydrogens is 376 g/mol. The molecular formula is C21H23ClN4O2.